The van der Waals surface area contributed by atoms with Crippen molar-refractivity contribution < 1.29 is 14.5 Å². The summed E-state index contributed by atoms with van der Waals surface area (Å²) in [6.07, 6.45) is 3.32. The smallest absolute Gasteiger partial charge is 0.423 e. The lowest BCUT2D eigenvalue weighted by molar-refractivity contribution is 0.425. The fraction of sp³-hybridized carbons (Fsp3) is 0.0909. The Bertz CT molecular complexity index is 537. The lowest BCUT2D eigenvalue weighted by Crippen LogP contribution is -2.31. The maximum absolute atomic E-state index is 9.18. The van der Waals surface area contributed by atoms with Crippen molar-refractivity contribution in [1.29, 1.82) is 0 Å². The van der Waals surface area contributed by atoms with Gasteiger partial charge in [-0.25, -0.2) is 0 Å². The van der Waals surface area contributed by atoms with Crippen LogP contribution in [0.4, 0.5) is 0 Å². The molecule has 0 bridgehead atoms. The average Bonchev–Trinajstić information content (AvgIpc) is 2.73. The van der Waals surface area contributed by atoms with Crippen molar-refractivity contribution in [3.8, 4) is 0 Å². The van der Waals surface area contributed by atoms with Crippen LogP contribution in [0.15, 0.2) is 28.7 Å². The molecule has 0 saturated heterocycles. The van der Waals surface area contributed by atoms with E-state index < -0.39 is 7.12 Å². The first kappa shape index (κ1) is 11.6. The van der Waals surface area contributed by atoms with Gasteiger partial charge in [0.25, 0.3) is 0 Å². The highest BCUT2D eigenvalue weighted by molar-refractivity contribution is 6.59. The van der Waals surface area contributed by atoms with Crippen molar-refractivity contribution >= 4 is 24.7 Å². The van der Waals surface area contributed by atoms with Crippen LogP contribution in [0.25, 0.3) is 12.2 Å². The zero-order chi connectivity index (χ0) is 12.3. The van der Waals surface area contributed by atoms with E-state index in [2.05, 4.69) is 10.2 Å². The molecule has 0 fully saturated rings. The molecule has 0 saturated carbocycles. The molecule has 0 aliphatic rings. The van der Waals surface area contributed by atoms with Gasteiger partial charge in [-0.3, -0.25) is 0 Å². The lowest BCUT2D eigenvalue weighted by Gasteiger charge is -2.03. The lowest BCUT2D eigenvalue weighted by atomic mass is 9.77. The molecule has 2 rings (SSSR count). The van der Waals surface area contributed by atoms with Crippen LogP contribution in [-0.4, -0.2) is 27.4 Å². The van der Waals surface area contributed by atoms with Crippen molar-refractivity contribution in [3.63, 3.8) is 0 Å². The minimum atomic E-state index is -1.50. The van der Waals surface area contributed by atoms with Crippen molar-refractivity contribution in [2.24, 2.45) is 0 Å². The third-order valence-corrected chi connectivity index (χ3v) is 2.22. The van der Waals surface area contributed by atoms with Crippen molar-refractivity contribution in [2.75, 3.05) is 0 Å². The summed E-state index contributed by atoms with van der Waals surface area (Å²) < 4.78 is 5.17. The summed E-state index contributed by atoms with van der Waals surface area (Å²) in [5, 5.41) is 25.8. The van der Waals surface area contributed by atoms with Gasteiger partial charge in [-0.15, -0.1) is 10.2 Å². The van der Waals surface area contributed by atoms with E-state index in [1.54, 1.807) is 37.3 Å². The SMILES string of the molecule is Cc1nnc(C=Cc2ccccc2B(O)O)o1. The van der Waals surface area contributed by atoms with Crippen LogP contribution < -0.4 is 5.46 Å². The molecule has 5 nitrogen and oxygen atoms in total. The minimum Gasteiger partial charge on any atom is -0.423 e. The zero-order valence-corrected chi connectivity index (χ0v) is 9.24. The summed E-state index contributed by atoms with van der Waals surface area (Å²) in [4.78, 5) is 0. The van der Waals surface area contributed by atoms with E-state index in [-0.39, 0.29) is 0 Å². The Balaban J connectivity index is 2.26. The normalized spacial score (nSPS) is 11.0. The van der Waals surface area contributed by atoms with Gasteiger partial charge in [-0.1, -0.05) is 24.3 Å². The molecule has 86 valence electrons. The topological polar surface area (TPSA) is 79.4 Å². The predicted molar refractivity (Wildman–Crippen MR) is 64.2 cm³/mol. The Kier molecular flexibility index (Phi) is 3.36. The van der Waals surface area contributed by atoms with Crippen molar-refractivity contribution in [1.82, 2.24) is 10.2 Å². The summed E-state index contributed by atoms with van der Waals surface area (Å²) in [5.74, 6) is 0.866. The van der Waals surface area contributed by atoms with Gasteiger partial charge in [0.1, 0.15) is 0 Å². The number of benzene rings is 1. The second kappa shape index (κ2) is 4.94. The van der Waals surface area contributed by atoms with Crippen LogP contribution in [0.2, 0.25) is 0 Å². The highest BCUT2D eigenvalue weighted by Gasteiger charge is 2.13. The summed E-state index contributed by atoms with van der Waals surface area (Å²) in [7, 11) is -1.50. The second-order valence-corrected chi connectivity index (χ2v) is 3.50. The molecule has 0 amide bonds. The van der Waals surface area contributed by atoms with Crippen LogP contribution >= 0.6 is 0 Å². The number of aryl methyl sites for hydroxylation is 1. The second-order valence-electron chi connectivity index (χ2n) is 3.50. The summed E-state index contributed by atoms with van der Waals surface area (Å²) in [6, 6.07) is 6.96. The molecule has 1 heterocycles. The van der Waals surface area contributed by atoms with Gasteiger partial charge in [0.15, 0.2) is 0 Å². The monoisotopic (exact) mass is 230 g/mol. The molecule has 2 aromatic rings. The molecule has 6 heteroatoms. The third-order valence-electron chi connectivity index (χ3n) is 2.22. The molecular formula is C11H11BN2O3. The van der Waals surface area contributed by atoms with E-state index in [0.29, 0.717) is 22.8 Å². The maximum Gasteiger partial charge on any atom is 0.489 e. The van der Waals surface area contributed by atoms with Crippen LogP contribution in [0.3, 0.4) is 0 Å². The van der Waals surface area contributed by atoms with E-state index in [0.717, 1.165) is 0 Å². The number of hydrogen-bond acceptors (Lipinski definition) is 5. The quantitative estimate of drug-likeness (QED) is 0.737. The van der Waals surface area contributed by atoms with E-state index in [4.69, 9.17) is 4.42 Å². The summed E-state index contributed by atoms with van der Waals surface area (Å²) in [6.45, 7) is 1.70. The van der Waals surface area contributed by atoms with Gasteiger partial charge in [-0.2, -0.15) is 0 Å². The molecule has 2 N–H and O–H groups in total. The Morgan fingerprint density at radius 3 is 2.59 bits per heavy atom. The molecule has 1 aromatic carbocycles. The molecule has 0 unspecified atom stereocenters. The zero-order valence-electron chi connectivity index (χ0n) is 9.24. The molecule has 0 aliphatic carbocycles. The Morgan fingerprint density at radius 2 is 1.94 bits per heavy atom. The van der Waals surface area contributed by atoms with Gasteiger partial charge in [0.2, 0.25) is 11.8 Å². The molecule has 1 aromatic heterocycles. The standard InChI is InChI=1S/C11H11BN2O3/c1-8-13-14-11(17-8)7-6-9-4-2-3-5-10(9)12(15)16/h2-7,15-16H,1H3. The largest absolute Gasteiger partial charge is 0.489 e. The first-order chi connectivity index (χ1) is 8.16. The number of hydrogen-bond donors (Lipinski definition) is 2. The number of rotatable bonds is 3. The molecule has 0 spiro atoms. The number of aromatic nitrogens is 2. The first-order valence-electron chi connectivity index (χ1n) is 5.10. The fourth-order valence-corrected chi connectivity index (χ4v) is 1.44. The summed E-state index contributed by atoms with van der Waals surface area (Å²) in [5.41, 5.74) is 1.12. The van der Waals surface area contributed by atoms with Crippen molar-refractivity contribution in [3.05, 3.63) is 41.6 Å². The van der Waals surface area contributed by atoms with Crippen molar-refractivity contribution in [2.45, 2.75) is 6.92 Å². The first-order valence-corrected chi connectivity index (χ1v) is 5.10. The van der Waals surface area contributed by atoms with Gasteiger partial charge in [-0.05, 0) is 17.1 Å². The van der Waals surface area contributed by atoms with E-state index >= 15 is 0 Å². The Hall–Kier alpha value is -1.92. The predicted octanol–water partition coefficient (Wildman–Crippen LogP) is 0.228. The average molecular weight is 230 g/mol. The Labute approximate surface area is 98.6 Å². The molecular weight excluding hydrogens is 219 g/mol. The highest BCUT2D eigenvalue weighted by atomic mass is 16.4. The van der Waals surface area contributed by atoms with Crippen LogP contribution in [-0.2, 0) is 0 Å². The highest BCUT2D eigenvalue weighted by Crippen LogP contribution is 2.06. The van der Waals surface area contributed by atoms with Crippen LogP contribution in [0, 0.1) is 6.92 Å². The van der Waals surface area contributed by atoms with Crippen LogP contribution in [0.5, 0.6) is 0 Å². The molecule has 0 atom stereocenters. The van der Waals surface area contributed by atoms with Gasteiger partial charge in [0.05, 0.1) is 0 Å². The third kappa shape index (κ3) is 2.80. The molecule has 17 heavy (non-hydrogen) atoms. The van der Waals surface area contributed by atoms with Crippen LogP contribution in [0.1, 0.15) is 17.3 Å². The minimum absolute atomic E-state index is 0.379. The number of nitrogens with zero attached hydrogens (tertiary/aromatic N) is 2. The van der Waals surface area contributed by atoms with E-state index in [1.165, 1.54) is 0 Å². The van der Waals surface area contributed by atoms with Gasteiger partial charge in [0, 0.05) is 13.0 Å². The van der Waals surface area contributed by atoms with E-state index in [1.807, 2.05) is 6.07 Å². The molecule has 0 aliphatic heterocycles. The fourth-order valence-electron chi connectivity index (χ4n) is 1.44. The maximum atomic E-state index is 9.18. The Morgan fingerprint density at radius 1 is 1.18 bits per heavy atom. The van der Waals surface area contributed by atoms with Gasteiger partial charge < -0.3 is 14.5 Å². The van der Waals surface area contributed by atoms with E-state index in [9.17, 15) is 10.0 Å². The molecule has 0 radical (unpaired) electrons. The van der Waals surface area contributed by atoms with Gasteiger partial charge >= 0.3 is 7.12 Å². The summed E-state index contributed by atoms with van der Waals surface area (Å²) >= 11 is 0.